The van der Waals surface area contributed by atoms with Gasteiger partial charge in [0.2, 0.25) is 11.7 Å². The Bertz CT molecular complexity index is 627. The highest BCUT2D eigenvalue weighted by atomic mass is 16.5. The van der Waals surface area contributed by atoms with E-state index in [0.717, 1.165) is 25.8 Å². The summed E-state index contributed by atoms with van der Waals surface area (Å²) in [6, 6.07) is 5.41. The van der Waals surface area contributed by atoms with Gasteiger partial charge in [0.15, 0.2) is 5.76 Å². The number of furan rings is 1. The molecule has 2 aromatic heterocycles. The van der Waals surface area contributed by atoms with E-state index in [-0.39, 0.29) is 5.91 Å². The zero-order valence-electron chi connectivity index (χ0n) is 13.0. The number of hydrogen-bond donors (Lipinski definition) is 1. The first-order valence-electron chi connectivity index (χ1n) is 7.56. The van der Waals surface area contributed by atoms with E-state index >= 15 is 0 Å². The van der Waals surface area contributed by atoms with Crippen molar-refractivity contribution in [1.82, 2.24) is 15.4 Å². The Morgan fingerprint density at radius 1 is 1.41 bits per heavy atom. The van der Waals surface area contributed by atoms with Crippen molar-refractivity contribution < 1.29 is 13.7 Å². The van der Waals surface area contributed by atoms with Crippen LogP contribution in [0.4, 0.5) is 0 Å². The van der Waals surface area contributed by atoms with E-state index in [1.165, 1.54) is 0 Å². The van der Waals surface area contributed by atoms with E-state index in [9.17, 15) is 4.79 Å². The molecule has 6 heteroatoms. The summed E-state index contributed by atoms with van der Waals surface area (Å²) in [6.45, 7) is 1.64. The normalized spacial score (nSPS) is 16.0. The summed E-state index contributed by atoms with van der Waals surface area (Å²) >= 11 is 0. The minimum Gasteiger partial charge on any atom is -0.461 e. The first kappa shape index (κ1) is 14.8. The molecule has 118 valence electrons. The molecule has 1 fully saturated rings. The maximum absolute atomic E-state index is 12.4. The van der Waals surface area contributed by atoms with Gasteiger partial charge in [-0.2, -0.15) is 0 Å². The number of aromatic nitrogens is 1. The molecule has 2 aromatic rings. The molecule has 1 amide bonds. The number of nitrogens with zero attached hydrogens (tertiary/aromatic N) is 2. The molecule has 3 rings (SSSR count). The second-order valence-corrected chi connectivity index (χ2v) is 6.05. The molecule has 0 bridgehead atoms. The molecule has 1 aliphatic rings. The summed E-state index contributed by atoms with van der Waals surface area (Å²) in [5.74, 6) is 1.23. The minimum absolute atomic E-state index is 0.0468. The Labute approximate surface area is 129 Å². The summed E-state index contributed by atoms with van der Waals surface area (Å²) in [5, 5.41) is 7.09. The third kappa shape index (κ3) is 2.92. The summed E-state index contributed by atoms with van der Waals surface area (Å²) < 4.78 is 10.6. The van der Waals surface area contributed by atoms with Crippen molar-refractivity contribution in [3.8, 4) is 11.5 Å². The molecule has 0 saturated heterocycles. The van der Waals surface area contributed by atoms with Gasteiger partial charge >= 0.3 is 0 Å². The quantitative estimate of drug-likeness (QED) is 0.792. The van der Waals surface area contributed by atoms with Crippen LogP contribution in [0.1, 0.15) is 25.0 Å². The standard InChI is InChI=1S/C16H21N3O3/c1-19(2)9-4-8-17-15(20)16(6-7-16)14-11-13(22-18-14)12-5-3-10-21-12/h3,5,10-11H,4,6-9H2,1-2H3,(H,17,20). The maximum Gasteiger partial charge on any atom is 0.232 e. The van der Waals surface area contributed by atoms with Gasteiger partial charge in [0.25, 0.3) is 0 Å². The Balaban J connectivity index is 1.62. The van der Waals surface area contributed by atoms with Crippen LogP contribution in [0.5, 0.6) is 0 Å². The fourth-order valence-electron chi connectivity index (χ4n) is 2.53. The van der Waals surface area contributed by atoms with Crippen molar-refractivity contribution in [3.63, 3.8) is 0 Å². The molecule has 1 N–H and O–H groups in total. The number of rotatable bonds is 7. The highest BCUT2D eigenvalue weighted by Crippen LogP contribution is 2.48. The van der Waals surface area contributed by atoms with Crippen molar-refractivity contribution >= 4 is 5.91 Å². The average Bonchev–Trinajstić information content (AvgIpc) is 2.93. The molecular weight excluding hydrogens is 282 g/mol. The van der Waals surface area contributed by atoms with Crippen molar-refractivity contribution in [3.05, 3.63) is 30.2 Å². The number of amides is 1. The monoisotopic (exact) mass is 303 g/mol. The summed E-state index contributed by atoms with van der Waals surface area (Å²) in [6.07, 6.45) is 4.15. The fraction of sp³-hybridized carbons (Fsp3) is 0.500. The lowest BCUT2D eigenvalue weighted by atomic mass is 10.0. The fourth-order valence-corrected chi connectivity index (χ4v) is 2.53. The number of carbonyl (C=O) groups is 1. The average molecular weight is 303 g/mol. The predicted octanol–water partition coefficient (Wildman–Crippen LogP) is 2.03. The van der Waals surface area contributed by atoms with Gasteiger partial charge in [-0.25, -0.2) is 0 Å². The van der Waals surface area contributed by atoms with Gasteiger partial charge in [-0.15, -0.1) is 0 Å². The molecule has 1 aliphatic carbocycles. The van der Waals surface area contributed by atoms with E-state index < -0.39 is 5.41 Å². The molecule has 0 aliphatic heterocycles. The van der Waals surface area contributed by atoms with Crippen LogP contribution in [0.15, 0.2) is 33.4 Å². The van der Waals surface area contributed by atoms with Crippen molar-refractivity contribution in [2.24, 2.45) is 0 Å². The lowest BCUT2D eigenvalue weighted by molar-refractivity contribution is -0.123. The van der Waals surface area contributed by atoms with Crippen molar-refractivity contribution in [2.45, 2.75) is 24.7 Å². The minimum atomic E-state index is -0.507. The number of hydrogen-bond acceptors (Lipinski definition) is 5. The largest absolute Gasteiger partial charge is 0.461 e. The highest BCUT2D eigenvalue weighted by Gasteiger charge is 2.53. The number of nitrogens with one attached hydrogen (secondary N) is 1. The van der Waals surface area contributed by atoms with Crippen LogP contribution in [-0.4, -0.2) is 43.1 Å². The van der Waals surface area contributed by atoms with Crippen LogP contribution in [0.3, 0.4) is 0 Å². The predicted molar refractivity (Wildman–Crippen MR) is 81.3 cm³/mol. The first-order chi connectivity index (χ1) is 10.6. The third-order valence-corrected chi connectivity index (χ3v) is 4.02. The Kier molecular flexibility index (Phi) is 4.02. The van der Waals surface area contributed by atoms with Gasteiger partial charge in [0, 0.05) is 12.6 Å². The molecule has 0 aromatic carbocycles. The maximum atomic E-state index is 12.4. The van der Waals surface area contributed by atoms with Crippen LogP contribution in [0.2, 0.25) is 0 Å². The second kappa shape index (κ2) is 5.96. The van der Waals surface area contributed by atoms with Crippen LogP contribution in [0, 0.1) is 0 Å². The summed E-state index contributed by atoms with van der Waals surface area (Å²) in [7, 11) is 4.05. The van der Waals surface area contributed by atoms with Gasteiger partial charge in [-0.1, -0.05) is 5.16 Å². The zero-order valence-corrected chi connectivity index (χ0v) is 13.0. The second-order valence-electron chi connectivity index (χ2n) is 6.05. The zero-order chi connectivity index (χ0) is 15.6. The Morgan fingerprint density at radius 2 is 2.23 bits per heavy atom. The number of carbonyl (C=O) groups excluding carboxylic acids is 1. The molecule has 2 heterocycles. The van der Waals surface area contributed by atoms with Gasteiger partial charge in [0.1, 0.15) is 0 Å². The highest BCUT2D eigenvalue weighted by molar-refractivity contribution is 5.90. The van der Waals surface area contributed by atoms with E-state index in [0.29, 0.717) is 23.8 Å². The van der Waals surface area contributed by atoms with Crippen molar-refractivity contribution in [2.75, 3.05) is 27.2 Å². The lowest BCUT2D eigenvalue weighted by Crippen LogP contribution is -2.36. The van der Waals surface area contributed by atoms with E-state index in [2.05, 4.69) is 15.4 Å². The van der Waals surface area contributed by atoms with Gasteiger partial charge in [-0.05, 0) is 52.0 Å². The molecule has 0 unspecified atom stereocenters. The van der Waals surface area contributed by atoms with Gasteiger partial charge < -0.3 is 19.2 Å². The third-order valence-electron chi connectivity index (χ3n) is 4.02. The van der Waals surface area contributed by atoms with Gasteiger partial charge in [-0.3, -0.25) is 4.79 Å². The topological polar surface area (TPSA) is 71.5 Å². The van der Waals surface area contributed by atoms with E-state index in [1.54, 1.807) is 12.3 Å². The lowest BCUT2D eigenvalue weighted by Gasteiger charge is -2.13. The van der Waals surface area contributed by atoms with Crippen molar-refractivity contribution in [1.29, 1.82) is 0 Å². The summed E-state index contributed by atoms with van der Waals surface area (Å²) in [4.78, 5) is 14.5. The van der Waals surface area contributed by atoms with Crippen LogP contribution >= 0.6 is 0 Å². The smallest absolute Gasteiger partial charge is 0.232 e. The Morgan fingerprint density at radius 3 is 2.86 bits per heavy atom. The Hall–Kier alpha value is -2.08. The van der Waals surface area contributed by atoms with E-state index in [1.807, 2.05) is 26.2 Å². The van der Waals surface area contributed by atoms with Crippen LogP contribution in [-0.2, 0) is 10.2 Å². The van der Waals surface area contributed by atoms with Crippen LogP contribution < -0.4 is 5.32 Å². The molecule has 22 heavy (non-hydrogen) atoms. The molecule has 0 radical (unpaired) electrons. The molecule has 0 spiro atoms. The first-order valence-corrected chi connectivity index (χ1v) is 7.56. The molecule has 6 nitrogen and oxygen atoms in total. The molecule has 0 atom stereocenters. The van der Waals surface area contributed by atoms with E-state index in [4.69, 9.17) is 8.94 Å². The van der Waals surface area contributed by atoms with Gasteiger partial charge in [0.05, 0.1) is 17.4 Å². The SMILES string of the molecule is CN(C)CCCNC(=O)C1(c2cc(-c3ccco3)on2)CC1. The molecule has 1 saturated carbocycles. The van der Waals surface area contributed by atoms with Crippen LogP contribution in [0.25, 0.3) is 11.5 Å². The summed E-state index contributed by atoms with van der Waals surface area (Å²) in [5.41, 5.74) is 0.191. The molecular formula is C16H21N3O3.